The van der Waals surface area contributed by atoms with E-state index in [1.165, 1.54) is 56.9 Å². The van der Waals surface area contributed by atoms with Crippen molar-refractivity contribution in [3.63, 3.8) is 0 Å². The highest BCUT2D eigenvalue weighted by atomic mass is 16.5. The van der Waals surface area contributed by atoms with Crippen molar-refractivity contribution < 1.29 is 19.7 Å². The quantitative estimate of drug-likeness (QED) is 0.278. The number of hydrogen-bond acceptors (Lipinski definition) is 3. The molecule has 0 spiro atoms. The van der Waals surface area contributed by atoms with Gasteiger partial charge < -0.3 is 14.9 Å². The number of aromatic carboxylic acids is 1. The molecule has 2 N–H and O–H groups in total. The third-order valence-corrected chi connectivity index (χ3v) is 7.30. The van der Waals surface area contributed by atoms with E-state index in [9.17, 15) is 9.90 Å². The molecule has 4 heteroatoms. The topological polar surface area (TPSA) is 66.8 Å². The lowest BCUT2D eigenvalue weighted by molar-refractivity contribution is 0.0697. The maximum absolute atomic E-state index is 11.8. The zero-order valence-electron chi connectivity index (χ0n) is 20.8. The summed E-state index contributed by atoms with van der Waals surface area (Å²) < 4.78 is 5.89. The van der Waals surface area contributed by atoms with Gasteiger partial charge in [0.1, 0.15) is 5.75 Å². The molecule has 0 aromatic heterocycles. The van der Waals surface area contributed by atoms with E-state index >= 15 is 0 Å². The Morgan fingerprint density at radius 3 is 2.32 bits per heavy atom. The zero-order chi connectivity index (χ0) is 24.2. The molecule has 3 rings (SSSR count). The summed E-state index contributed by atoms with van der Waals surface area (Å²) in [6.45, 7) is 3.10. The van der Waals surface area contributed by atoms with E-state index in [2.05, 4.69) is 31.2 Å². The minimum Gasteiger partial charge on any atom is -0.494 e. The fourth-order valence-corrected chi connectivity index (χ4v) is 5.20. The highest BCUT2D eigenvalue weighted by Crippen LogP contribution is 2.38. The maximum atomic E-state index is 11.8. The van der Waals surface area contributed by atoms with Crippen LogP contribution >= 0.6 is 0 Å². The van der Waals surface area contributed by atoms with E-state index < -0.39 is 5.97 Å². The Bertz CT molecular complexity index is 866. The zero-order valence-corrected chi connectivity index (χ0v) is 20.8. The van der Waals surface area contributed by atoms with Gasteiger partial charge in [0.25, 0.3) is 0 Å². The number of aliphatic hydroxyl groups is 1. The standard InChI is InChI=1S/C30H42O4/c1-2-3-6-9-23-10-12-24(13-11-23)25-14-16-26(17-15-25)29-22-27(18-19-28(29)30(32)33)34-21-8-5-4-7-20-31/h14-19,22-24,31H,2-13,20-21H2,1H3,(H,32,33)/t23-,24-. The molecule has 0 aliphatic heterocycles. The number of carboxylic acid groups (broad SMARTS) is 1. The van der Waals surface area contributed by atoms with Crippen LogP contribution in [-0.4, -0.2) is 29.4 Å². The Balaban J connectivity index is 1.61. The molecule has 1 aliphatic carbocycles. The van der Waals surface area contributed by atoms with Gasteiger partial charge in [-0.25, -0.2) is 4.79 Å². The van der Waals surface area contributed by atoms with Gasteiger partial charge in [0.05, 0.1) is 12.2 Å². The van der Waals surface area contributed by atoms with E-state index in [4.69, 9.17) is 9.84 Å². The molecule has 186 valence electrons. The molecule has 2 aromatic carbocycles. The van der Waals surface area contributed by atoms with Crippen LogP contribution in [0.4, 0.5) is 0 Å². The van der Waals surface area contributed by atoms with Gasteiger partial charge in [0.15, 0.2) is 0 Å². The first-order valence-electron chi connectivity index (χ1n) is 13.3. The van der Waals surface area contributed by atoms with Crippen LogP contribution in [0.2, 0.25) is 0 Å². The molecule has 0 atom stereocenters. The Kier molecular flexibility index (Phi) is 10.9. The number of carbonyl (C=O) groups is 1. The number of benzene rings is 2. The molecule has 34 heavy (non-hydrogen) atoms. The molecule has 0 saturated heterocycles. The Labute approximate surface area is 205 Å². The van der Waals surface area contributed by atoms with Crippen molar-refractivity contribution in [1.82, 2.24) is 0 Å². The van der Waals surface area contributed by atoms with Crippen LogP contribution in [-0.2, 0) is 0 Å². The van der Waals surface area contributed by atoms with Gasteiger partial charge in [-0.15, -0.1) is 0 Å². The van der Waals surface area contributed by atoms with Crippen LogP contribution in [0.3, 0.4) is 0 Å². The number of carboxylic acids is 1. The normalized spacial score (nSPS) is 18.1. The first-order valence-corrected chi connectivity index (χ1v) is 13.3. The average Bonchev–Trinajstić information content (AvgIpc) is 2.86. The molecule has 2 aromatic rings. The summed E-state index contributed by atoms with van der Waals surface area (Å²) in [5.41, 5.74) is 3.30. The number of unbranched alkanes of at least 4 members (excludes halogenated alkanes) is 5. The number of rotatable bonds is 14. The van der Waals surface area contributed by atoms with Crippen molar-refractivity contribution in [2.75, 3.05) is 13.2 Å². The fourth-order valence-electron chi connectivity index (χ4n) is 5.20. The fraction of sp³-hybridized carbons (Fsp3) is 0.567. The summed E-state index contributed by atoms with van der Waals surface area (Å²) in [4.78, 5) is 11.8. The monoisotopic (exact) mass is 466 g/mol. The van der Waals surface area contributed by atoms with Gasteiger partial charge in [0.2, 0.25) is 0 Å². The third kappa shape index (κ3) is 7.87. The van der Waals surface area contributed by atoms with E-state index in [-0.39, 0.29) is 6.61 Å². The lowest BCUT2D eigenvalue weighted by Crippen LogP contribution is -2.13. The van der Waals surface area contributed by atoms with Crippen molar-refractivity contribution >= 4 is 5.97 Å². The van der Waals surface area contributed by atoms with Crippen LogP contribution < -0.4 is 4.74 Å². The van der Waals surface area contributed by atoms with Gasteiger partial charge in [-0.05, 0) is 91.7 Å². The van der Waals surface area contributed by atoms with Crippen molar-refractivity contribution in [3.05, 3.63) is 53.6 Å². The minimum atomic E-state index is -0.920. The predicted octanol–water partition coefficient (Wildman–Crippen LogP) is 7.84. The van der Waals surface area contributed by atoms with Crippen LogP contribution in [0.1, 0.15) is 106 Å². The average molecular weight is 467 g/mol. The summed E-state index contributed by atoms with van der Waals surface area (Å²) in [7, 11) is 0. The van der Waals surface area contributed by atoms with Gasteiger partial charge in [-0.1, -0.05) is 63.3 Å². The summed E-state index contributed by atoms with van der Waals surface area (Å²) in [6.07, 6.45) is 14.4. The minimum absolute atomic E-state index is 0.236. The SMILES string of the molecule is CCCCC[C@H]1CC[C@H](c2ccc(-c3cc(OCCCCCCO)ccc3C(=O)O)cc2)CC1. The molecule has 0 bridgehead atoms. The van der Waals surface area contributed by atoms with E-state index in [1.807, 2.05) is 6.07 Å². The Morgan fingerprint density at radius 1 is 0.912 bits per heavy atom. The molecule has 1 aliphatic rings. The van der Waals surface area contributed by atoms with Crippen LogP contribution in [0.25, 0.3) is 11.1 Å². The highest BCUT2D eigenvalue weighted by molar-refractivity contribution is 5.96. The first-order chi connectivity index (χ1) is 16.6. The summed E-state index contributed by atoms with van der Waals surface area (Å²) in [6, 6.07) is 13.8. The molecule has 1 saturated carbocycles. The van der Waals surface area contributed by atoms with Crippen LogP contribution in [0.15, 0.2) is 42.5 Å². The molecule has 0 radical (unpaired) electrons. The molecule has 0 heterocycles. The third-order valence-electron chi connectivity index (χ3n) is 7.30. The van der Waals surface area contributed by atoms with Crippen molar-refractivity contribution in [3.8, 4) is 16.9 Å². The maximum Gasteiger partial charge on any atom is 0.336 e. The van der Waals surface area contributed by atoms with Gasteiger partial charge in [0, 0.05) is 6.61 Å². The summed E-state index contributed by atoms with van der Waals surface area (Å²) in [5.74, 6) is 1.30. The van der Waals surface area contributed by atoms with Crippen LogP contribution in [0, 0.1) is 5.92 Å². The largest absolute Gasteiger partial charge is 0.494 e. The lowest BCUT2D eigenvalue weighted by atomic mass is 9.77. The second kappa shape index (κ2) is 14.2. The molecule has 0 amide bonds. The van der Waals surface area contributed by atoms with E-state index in [0.29, 0.717) is 29.4 Å². The van der Waals surface area contributed by atoms with E-state index in [1.54, 1.807) is 12.1 Å². The molecular weight excluding hydrogens is 424 g/mol. The second-order valence-electron chi connectivity index (χ2n) is 9.83. The number of hydrogen-bond donors (Lipinski definition) is 2. The molecule has 1 fully saturated rings. The molecule has 4 nitrogen and oxygen atoms in total. The summed E-state index contributed by atoms with van der Waals surface area (Å²) >= 11 is 0. The van der Waals surface area contributed by atoms with Crippen LogP contribution in [0.5, 0.6) is 5.75 Å². The van der Waals surface area contributed by atoms with Gasteiger partial charge in [-0.3, -0.25) is 0 Å². The molecular formula is C30H42O4. The highest BCUT2D eigenvalue weighted by Gasteiger charge is 2.22. The van der Waals surface area contributed by atoms with Crippen molar-refractivity contribution in [2.24, 2.45) is 5.92 Å². The number of aliphatic hydroxyl groups excluding tert-OH is 1. The first kappa shape index (κ1) is 26.3. The van der Waals surface area contributed by atoms with Gasteiger partial charge >= 0.3 is 5.97 Å². The second-order valence-corrected chi connectivity index (χ2v) is 9.83. The van der Waals surface area contributed by atoms with Crippen molar-refractivity contribution in [1.29, 1.82) is 0 Å². The predicted molar refractivity (Wildman–Crippen MR) is 139 cm³/mol. The Hall–Kier alpha value is -2.33. The van der Waals surface area contributed by atoms with Crippen molar-refractivity contribution in [2.45, 2.75) is 89.9 Å². The smallest absolute Gasteiger partial charge is 0.336 e. The number of ether oxygens (including phenoxy) is 1. The Morgan fingerprint density at radius 2 is 1.65 bits per heavy atom. The van der Waals surface area contributed by atoms with Gasteiger partial charge in [-0.2, -0.15) is 0 Å². The molecule has 0 unspecified atom stereocenters. The van der Waals surface area contributed by atoms with E-state index in [0.717, 1.165) is 37.2 Å². The lowest BCUT2D eigenvalue weighted by Gasteiger charge is -2.29. The summed E-state index contributed by atoms with van der Waals surface area (Å²) in [5, 5.41) is 18.6.